The maximum Gasteiger partial charge on any atom is 0.408 e. The van der Waals surface area contributed by atoms with Crippen molar-refractivity contribution in [2.45, 2.75) is 51.8 Å². The van der Waals surface area contributed by atoms with E-state index in [0.29, 0.717) is 25.9 Å². The van der Waals surface area contributed by atoms with E-state index in [4.69, 9.17) is 16.2 Å². The van der Waals surface area contributed by atoms with Gasteiger partial charge in [-0.05, 0) is 29.9 Å². The maximum absolute atomic E-state index is 13.3. The first-order valence-electron chi connectivity index (χ1n) is 12.4. The second-order valence-electron chi connectivity index (χ2n) is 9.09. The summed E-state index contributed by atoms with van der Waals surface area (Å²) in [6, 6.07) is 16.9. The number of hydrogen-bond donors (Lipinski definition) is 5. The lowest BCUT2D eigenvalue weighted by Crippen LogP contribution is -2.54. The summed E-state index contributed by atoms with van der Waals surface area (Å²) >= 11 is 0. The summed E-state index contributed by atoms with van der Waals surface area (Å²) in [7, 11) is 0. The van der Waals surface area contributed by atoms with Crippen LogP contribution in [0.5, 0.6) is 0 Å². The number of rotatable bonds is 14. The summed E-state index contributed by atoms with van der Waals surface area (Å²) in [5, 5.41) is 8.30. The van der Waals surface area contributed by atoms with E-state index in [-0.39, 0.29) is 30.8 Å². The number of hydrogen-bond acceptors (Lipinski definition) is 5. The number of carbonyl (C=O) groups excluding carboxylic acids is 3. The monoisotopic (exact) mass is 510 g/mol. The van der Waals surface area contributed by atoms with Crippen LogP contribution in [0.15, 0.2) is 65.7 Å². The molecule has 2 rings (SSSR count). The van der Waals surface area contributed by atoms with Gasteiger partial charge in [0, 0.05) is 19.5 Å². The predicted molar refractivity (Wildman–Crippen MR) is 143 cm³/mol. The molecule has 10 nitrogen and oxygen atoms in total. The molecule has 0 aliphatic carbocycles. The molecular weight excluding hydrogens is 472 g/mol. The van der Waals surface area contributed by atoms with Crippen molar-refractivity contribution >= 4 is 23.9 Å². The van der Waals surface area contributed by atoms with Gasteiger partial charge < -0.3 is 32.2 Å². The molecule has 0 fully saturated rings. The van der Waals surface area contributed by atoms with Gasteiger partial charge >= 0.3 is 6.09 Å². The molecule has 10 heteroatoms. The largest absolute Gasteiger partial charge is 0.445 e. The number of amides is 3. The third-order valence-corrected chi connectivity index (χ3v) is 5.37. The van der Waals surface area contributed by atoms with Crippen LogP contribution in [0, 0.1) is 5.92 Å². The van der Waals surface area contributed by atoms with Crippen molar-refractivity contribution in [1.82, 2.24) is 16.0 Å². The Morgan fingerprint density at radius 3 is 2.08 bits per heavy atom. The zero-order valence-corrected chi connectivity index (χ0v) is 21.5. The maximum atomic E-state index is 13.3. The van der Waals surface area contributed by atoms with Crippen LogP contribution in [0.25, 0.3) is 0 Å². The van der Waals surface area contributed by atoms with Crippen molar-refractivity contribution in [2.75, 3.05) is 13.1 Å². The van der Waals surface area contributed by atoms with Crippen LogP contribution in [0.3, 0.4) is 0 Å². The topological polar surface area (TPSA) is 161 Å². The summed E-state index contributed by atoms with van der Waals surface area (Å²) in [6.45, 7) is 4.75. The van der Waals surface area contributed by atoms with Gasteiger partial charge in [0.1, 0.15) is 18.7 Å². The molecule has 200 valence electrons. The number of nitrogens with one attached hydrogen (secondary N) is 3. The van der Waals surface area contributed by atoms with E-state index in [1.807, 2.05) is 74.5 Å². The first kappa shape index (κ1) is 29.2. The number of alkyl carbamates (subject to hydrolysis) is 1. The fourth-order valence-corrected chi connectivity index (χ4v) is 3.56. The third-order valence-electron chi connectivity index (χ3n) is 5.37. The molecule has 2 unspecified atom stereocenters. The van der Waals surface area contributed by atoms with Crippen molar-refractivity contribution < 1.29 is 19.1 Å². The summed E-state index contributed by atoms with van der Waals surface area (Å²) in [5.41, 5.74) is 12.3. The molecule has 0 saturated carbocycles. The van der Waals surface area contributed by atoms with Crippen LogP contribution in [0.1, 0.15) is 37.8 Å². The first-order valence-corrected chi connectivity index (χ1v) is 12.4. The number of benzene rings is 2. The summed E-state index contributed by atoms with van der Waals surface area (Å²) < 4.78 is 5.32. The number of carbonyl (C=O) groups is 3. The van der Waals surface area contributed by atoms with Crippen LogP contribution in [-0.2, 0) is 27.4 Å². The SMILES string of the molecule is CC(C)CC(NC(=O)C(Cc1ccccc1)NC(=O)OCc1ccccc1)C(=O)NCCCN=C(N)N. The normalized spacial score (nSPS) is 12.2. The fourth-order valence-electron chi connectivity index (χ4n) is 3.56. The van der Waals surface area contributed by atoms with E-state index in [2.05, 4.69) is 20.9 Å². The Morgan fingerprint density at radius 1 is 0.865 bits per heavy atom. The molecule has 0 bridgehead atoms. The Morgan fingerprint density at radius 2 is 1.49 bits per heavy atom. The van der Waals surface area contributed by atoms with Crippen molar-refractivity contribution in [2.24, 2.45) is 22.4 Å². The highest BCUT2D eigenvalue weighted by molar-refractivity contribution is 5.91. The lowest BCUT2D eigenvalue weighted by atomic mass is 10.0. The number of ether oxygens (including phenoxy) is 1. The first-order chi connectivity index (χ1) is 17.7. The van der Waals surface area contributed by atoms with E-state index in [0.717, 1.165) is 11.1 Å². The Kier molecular flexibility index (Phi) is 12.5. The minimum Gasteiger partial charge on any atom is -0.445 e. The third kappa shape index (κ3) is 11.9. The van der Waals surface area contributed by atoms with Gasteiger partial charge in [-0.2, -0.15) is 0 Å². The van der Waals surface area contributed by atoms with Gasteiger partial charge in [0.15, 0.2) is 5.96 Å². The van der Waals surface area contributed by atoms with Crippen molar-refractivity contribution in [3.05, 3.63) is 71.8 Å². The highest BCUT2D eigenvalue weighted by Crippen LogP contribution is 2.09. The van der Waals surface area contributed by atoms with Crippen LogP contribution in [0.4, 0.5) is 4.79 Å². The van der Waals surface area contributed by atoms with Crippen molar-refractivity contribution in [1.29, 1.82) is 0 Å². The molecule has 0 saturated heterocycles. The second-order valence-corrected chi connectivity index (χ2v) is 9.09. The number of nitrogens with zero attached hydrogens (tertiary/aromatic N) is 1. The molecule has 0 radical (unpaired) electrons. The highest BCUT2D eigenvalue weighted by atomic mass is 16.5. The van der Waals surface area contributed by atoms with E-state index < -0.39 is 24.1 Å². The summed E-state index contributed by atoms with van der Waals surface area (Å²) in [4.78, 5) is 42.6. The standard InChI is InChI=1S/C27H38N6O4/c1-19(2)16-22(24(34)30-14-9-15-31-26(28)29)32-25(35)23(17-20-10-5-3-6-11-20)33-27(36)37-18-21-12-7-4-8-13-21/h3-8,10-13,19,22-23H,9,14-18H2,1-2H3,(H,30,34)(H,32,35)(H,33,36)(H4,28,29,31). The van der Waals surface area contributed by atoms with Crippen molar-refractivity contribution in [3.8, 4) is 0 Å². The molecule has 37 heavy (non-hydrogen) atoms. The lowest BCUT2D eigenvalue weighted by molar-refractivity contribution is -0.130. The number of nitrogens with two attached hydrogens (primary N) is 2. The zero-order valence-electron chi connectivity index (χ0n) is 21.5. The summed E-state index contributed by atoms with van der Waals surface area (Å²) in [6.07, 6.45) is 0.505. The highest BCUT2D eigenvalue weighted by Gasteiger charge is 2.28. The molecule has 0 aromatic heterocycles. The molecule has 2 aromatic rings. The Hall–Kier alpha value is -4.08. The van der Waals surface area contributed by atoms with Gasteiger partial charge in [0.2, 0.25) is 11.8 Å². The number of guanidine groups is 1. The van der Waals surface area contributed by atoms with Gasteiger partial charge in [0.05, 0.1) is 0 Å². The van der Waals surface area contributed by atoms with E-state index >= 15 is 0 Å². The molecule has 2 atom stereocenters. The van der Waals surface area contributed by atoms with E-state index in [9.17, 15) is 14.4 Å². The van der Waals surface area contributed by atoms with E-state index in [1.54, 1.807) is 0 Å². The minimum atomic E-state index is -0.935. The molecule has 0 aliphatic heterocycles. The zero-order chi connectivity index (χ0) is 27.0. The molecule has 2 aromatic carbocycles. The quantitative estimate of drug-likeness (QED) is 0.148. The van der Waals surface area contributed by atoms with Crippen LogP contribution in [0.2, 0.25) is 0 Å². The average Bonchev–Trinajstić information content (AvgIpc) is 2.87. The van der Waals surface area contributed by atoms with E-state index in [1.165, 1.54) is 0 Å². The molecular formula is C27H38N6O4. The lowest BCUT2D eigenvalue weighted by Gasteiger charge is -2.24. The van der Waals surface area contributed by atoms with Crippen LogP contribution < -0.4 is 27.4 Å². The average molecular weight is 511 g/mol. The molecule has 0 heterocycles. The van der Waals surface area contributed by atoms with Crippen LogP contribution >= 0.6 is 0 Å². The Balaban J connectivity index is 2.04. The van der Waals surface area contributed by atoms with Gasteiger partial charge in [-0.3, -0.25) is 14.6 Å². The Labute approximate surface area is 218 Å². The van der Waals surface area contributed by atoms with Gasteiger partial charge in [-0.1, -0.05) is 74.5 Å². The molecule has 0 spiro atoms. The van der Waals surface area contributed by atoms with Gasteiger partial charge in [-0.25, -0.2) is 4.79 Å². The van der Waals surface area contributed by atoms with Crippen molar-refractivity contribution in [3.63, 3.8) is 0 Å². The predicted octanol–water partition coefficient (Wildman–Crippen LogP) is 1.83. The molecule has 3 amide bonds. The smallest absolute Gasteiger partial charge is 0.408 e. The molecule has 7 N–H and O–H groups in total. The number of aliphatic imine (C=N–C) groups is 1. The van der Waals surface area contributed by atoms with Gasteiger partial charge in [0.25, 0.3) is 0 Å². The van der Waals surface area contributed by atoms with Crippen LogP contribution in [-0.4, -0.2) is 49.0 Å². The molecule has 0 aliphatic rings. The second kappa shape index (κ2) is 15.8. The Bertz CT molecular complexity index is 1010. The van der Waals surface area contributed by atoms with Gasteiger partial charge in [-0.15, -0.1) is 0 Å². The fraction of sp³-hybridized carbons (Fsp3) is 0.407. The minimum absolute atomic E-state index is 0.00414. The summed E-state index contributed by atoms with van der Waals surface area (Å²) in [5.74, 6) is -0.636.